The predicted octanol–water partition coefficient (Wildman–Crippen LogP) is 4.55. The van der Waals surface area contributed by atoms with Crippen LogP contribution in [0.25, 0.3) is 11.5 Å². The first-order valence-corrected chi connectivity index (χ1v) is 14.0. The summed E-state index contributed by atoms with van der Waals surface area (Å²) >= 11 is 5.99. The number of carbonyl (C=O) groups is 1. The van der Waals surface area contributed by atoms with Gasteiger partial charge in [-0.1, -0.05) is 32.4 Å². The van der Waals surface area contributed by atoms with E-state index < -0.39 is 0 Å². The van der Waals surface area contributed by atoms with Crippen LogP contribution in [0.2, 0.25) is 5.02 Å². The SMILES string of the molecule is CC[C@H]1CN(c2ncc(-c3nnc(C(C)C)[nH]3)nc2C)CCN1C1CCN(C(=O)c2ccc(Cl)cc2)CC1. The highest BCUT2D eigenvalue weighted by Crippen LogP contribution is 2.28. The largest absolute Gasteiger partial charge is 0.352 e. The zero-order chi connectivity index (χ0) is 26.8. The first-order chi connectivity index (χ1) is 18.3. The molecular weight excluding hydrogens is 500 g/mol. The van der Waals surface area contributed by atoms with E-state index in [2.05, 4.69) is 45.8 Å². The summed E-state index contributed by atoms with van der Waals surface area (Å²) in [4.78, 5) is 32.8. The highest BCUT2D eigenvalue weighted by molar-refractivity contribution is 6.30. The molecule has 1 aromatic carbocycles. The van der Waals surface area contributed by atoms with Crippen LogP contribution in [0.15, 0.2) is 30.5 Å². The Hall–Kier alpha value is -3.04. The Morgan fingerprint density at radius 2 is 1.84 bits per heavy atom. The molecule has 2 saturated heterocycles. The Morgan fingerprint density at radius 3 is 2.47 bits per heavy atom. The van der Waals surface area contributed by atoms with Crippen LogP contribution in [0.3, 0.4) is 0 Å². The summed E-state index contributed by atoms with van der Waals surface area (Å²) in [5.74, 6) is 2.83. The molecule has 2 aliphatic rings. The Bertz CT molecular complexity index is 1250. The fourth-order valence-electron chi connectivity index (χ4n) is 5.63. The number of likely N-dealkylation sites (tertiary alicyclic amines) is 1. The number of nitrogens with zero attached hydrogens (tertiary/aromatic N) is 7. The summed E-state index contributed by atoms with van der Waals surface area (Å²) in [7, 11) is 0. The lowest BCUT2D eigenvalue weighted by molar-refractivity contribution is 0.0490. The minimum Gasteiger partial charge on any atom is -0.352 e. The molecule has 9 nitrogen and oxygen atoms in total. The Morgan fingerprint density at radius 1 is 1.11 bits per heavy atom. The standard InChI is InChI=1S/C28H37ClN8O/c1-5-22-17-36(27-19(4)31-24(16-30-27)26-32-25(18(2)3)33-34-26)14-15-37(22)23-10-12-35(13-11-23)28(38)20-6-8-21(29)9-7-20/h6-9,16,18,22-23H,5,10-15,17H2,1-4H3,(H,32,33,34)/t22-/m0/s1. The molecule has 1 atom stereocenters. The minimum atomic E-state index is 0.0974. The van der Waals surface area contributed by atoms with E-state index in [1.165, 1.54) is 0 Å². The van der Waals surface area contributed by atoms with E-state index in [-0.39, 0.29) is 11.8 Å². The highest BCUT2D eigenvalue weighted by Gasteiger charge is 2.35. The summed E-state index contributed by atoms with van der Waals surface area (Å²) in [5.41, 5.74) is 2.33. The van der Waals surface area contributed by atoms with Gasteiger partial charge in [0.1, 0.15) is 17.3 Å². The number of H-pyrrole nitrogens is 1. The summed E-state index contributed by atoms with van der Waals surface area (Å²) in [6.07, 6.45) is 4.87. The third kappa shape index (κ3) is 5.54. The van der Waals surface area contributed by atoms with Crippen LogP contribution < -0.4 is 4.90 Å². The maximum absolute atomic E-state index is 12.9. The number of hydrogen-bond acceptors (Lipinski definition) is 7. The van der Waals surface area contributed by atoms with Gasteiger partial charge in [-0.15, -0.1) is 10.2 Å². The first kappa shape index (κ1) is 26.6. The number of aromatic amines is 1. The van der Waals surface area contributed by atoms with Gasteiger partial charge >= 0.3 is 0 Å². The van der Waals surface area contributed by atoms with Crippen LogP contribution in [0.1, 0.15) is 67.8 Å². The normalized spacial score (nSPS) is 19.4. The molecular formula is C28H37ClN8O. The summed E-state index contributed by atoms with van der Waals surface area (Å²) in [6, 6.07) is 8.12. The van der Waals surface area contributed by atoms with Crippen molar-refractivity contribution < 1.29 is 4.79 Å². The molecule has 2 aromatic heterocycles. The van der Waals surface area contributed by atoms with Crippen LogP contribution in [0.4, 0.5) is 5.82 Å². The van der Waals surface area contributed by atoms with Crippen LogP contribution in [0.5, 0.6) is 0 Å². The lowest BCUT2D eigenvalue weighted by Gasteiger charge is -2.47. The lowest BCUT2D eigenvalue weighted by atomic mass is 9.97. The quantitative estimate of drug-likeness (QED) is 0.493. The summed E-state index contributed by atoms with van der Waals surface area (Å²) in [6.45, 7) is 12.8. The van der Waals surface area contributed by atoms with Crippen LogP contribution >= 0.6 is 11.6 Å². The molecule has 2 fully saturated rings. The van der Waals surface area contributed by atoms with Crippen molar-refractivity contribution in [2.75, 3.05) is 37.6 Å². The van der Waals surface area contributed by atoms with Crippen LogP contribution in [-0.2, 0) is 0 Å². The maximum atomic E-state index is 12.9. The number of piperazine rings is 1. The molecule has 1 N–H and O–H groups in total. The van der Waals surface area contributed by atoms with Crippen molar-refractivity contribution in [2.45, 2.75) is 65.0 Å². The molecule has 202 valence electrons. The lowest BCUT2D eigenvalue weighted by Crippen LogP contribution is -2.58. The Labute approximate surface area is 229 Å². The number of aryl methyl sites for hydroxylation is 1. The van der Waals surface area contributed by atoms with E-state index in [9.17, 15) is 4.79 Å². The topological polar surface area (TPSA) is 94.1 Å². The number of anilines is 1. The monoisotopic (exact) mass is 536 g/mol. The molecule has 5 rings (SSSR count). The van der Waals surface area contributed by atoms with Gasteiger partial charge in [-0.25, -0.2) is 9.97 Å². The van der Waals surface area contributed by atoms with Gasteiger partial charge < -0.3 is 14.8 Å². The summed E-state index contributed by atoms with van der Waals surface area (Å²) < 4.78 is 0. The fraction of sp³-hybridized carbons (Fsp3) is 0.536. The molecule has 1 amide bonds. The molecule has 0 bridgehead atoms. The second kappa shape index (κ2) is 11.4. The average molecular weight is 537 g/mol. The van der Waals surface area contributed by atoms with Gasteiger partial charge in [-0.2, -0.15) is 0 Å². The number of nitrogens with one attached hydrogen (secondary N) is 1. The van der Waals surface area contributed by atoms with Crippen molar-refractivity contribution in [2.24, 2.45) is 0 Å². The number of halogens is 1. The number of piperidine rings is 1. The van der Waals surface area contributed by atoms with Crippen LogP contribution in [-0.4, -0.2) is 85.7 Å². The van der Waals surface area contributed by atoms with E-state index >= 15 is 0 Å². The highest BCUT2D eigenvalue weighted by atomic mass is 35.5. The fourth-order valence-corrected chi connectivity index (χ4v) is 5.76. The molecule has 3 aromatic rings. The molecule has 0 saturated carbocycles. The molecule has 0 spiro atoms. The van der Waals surface area contributed by atoms with Crippen LogP contribution in [0, 0.1) is 6.92 Å². The number of hydrogen-bond donors (Lipinski definition) is 1. The number of amides is 1. The van der Waals surface area contributed by atoms with Gasteiger partial charge in [0.2, 0.25) is 0 Å². The van der Waals surface area contributed by atoms with Crippen molar-refractivity contribution >= 4 is 23.3 Å². The van der Waals surface area contributed by atoms with Crippen molar-refractivity contribution in [3.05, 3.63) is 52.6 Å². The number of rotatable bonds is 6. The molecule has 0 unspecified atom stereocenters. The maximum Gasteiger partial charge on any atom is 0.253 e. The summed E-state index contributed by atoms with van der Waals surface area (Å²) in [5, 5.41) is 9.13. The zero-order valence-electron chi connectivity index (χ0n) is 22.7. The van der Waals surface area contributed by atoms with E-state index in [4.69, 9.17) is 21.6 Å². The van der Waals surface area contributed by atoms with Gasteiger partial charge in [0, 0.05) is 61.3 Å². The van der Waals surface area contributed by atoms with E-state index in [1.54, 1.807) is 18.3 Å². The minimum absolute atomic E-state index is 0.0974. The van der Waals surface area contributed by atoms with Crippen molar-refractivity contribution in [3.63, 3.8) is 0 Å². The first-order valence-electron chi connectivity index (χ1n) is 13.7. The predicted molar refractivity (Wildman–Crippen MR) is 150 cm³/mol. The van der Waals surface area contributed by atoms with E-state index in [1.807, 2.05) is 24.0 Å². The van der Waals surface area contributed by atoms with Crippen molar-refractivity contribution in [3.8, 4) is 11.5 Å². The number of aromatic nitrogens is 5. The second-order valence-electron chi connectivity index (χ2n) is 10.7. The van der Waals surface area contributed by atoms with Gasteiger partial charge in [-0.05, 0) is 50.5 Å². The second-order valence-corrected chi connectivity index (χ2v) is 11.1. The third-order valence-corrected chi connectivity index (χ3v) is 8.08. The third-order valence-electron chi connectivity index (χ3n) is 7.83. The molecule has 10 heteroatoms. The Balaban J connectivity index is 1.20. The van der Waals surface area contributed by atoms with Crippen molar-refractivity contribution in [1.29, 1.82) is 0 Å². The van der Waals surface area contributed by atoms with Gasteiger partial charge in [0.05, 0.1) is 11.9 Å². The Kier molecular flexibility index (Phi) is 7.95. The smallest absolute Gasteiger partial charge is 0.253 e. The van der Waals surface area contributed by atoms with Gasteiger partial charge in [0.15, 0.2) is 5.82 Å². The zero-order valence-corrected chi connectivity index (χ0v) is 23.4. The van der Waals surface area contributed by atoms with Crippen molar-refractivity contribution in [1.82, 2.24) is 34.9 Å². The molecule has 0 aliphatic carbocycles. The molecule has 2 aliphatic heterocycles. The molecule has 0 radical (unpaired) electrons. The van der Waals surface area contributed by atoms with Gasteiger partial charge in [0.25, 0.3) is 5.91 Å². The van der Waals surface area contributed by atoms with E-state index in [0.717, 1.165) is 75.0 Å². The number of carbonyl (C=O) groups excluding carboxylic acids is 1. The number of benzene rings is 1. The molecule has 4 heterocycles. The van der Waals surface area contributed by atoms with Gasteiger partial charge in [-0.3, -0.25) is 9.69 Å². The van der Waals surface area contributed by atoms with E-state index in [0.29, 0.717) is 28.5 Å². The average Bonchev–Trinajstić information content (AvgIpc) is 3.44. The molecule has 38 heavy (non-hydrogen) atoms.